The van der Waals surface area contributed by atoms with Gasteiger partial charge in [-0.15, -0.1) is 0 Å². The lowest BCUT2D eigenvalue weighted by Crippen LogP contribution is -2.60. The summed E-state index contributed by atoms with van der Waals surface area (Å²) in [6.07, 6.45) is 0. The number of rotatable bonds is 1. The van der Waals surface area contributed by atoms with Crippen molar-refractivity contribution in [1.82, 2.24) is 0 Å². The third-order valence-corrected chi connectivity index (χ3v) is 8.37. The molecule has 2 aliphatic heterocycles. The van der Waals surface area contributed by atoms with E-state index in [4.69, 9.17) is 0 Å². The molecule has 38 heavy (non-hydrogen) atoms. The predicted octanol–water partition coefficient (Wildman–Crippen LogP) is 7.39. The van der Waals surface area contributed by atoms with Crippen LogP contribution in [-0.4, -0.2) is 20.9 Å². The Morgan fingerprint density at radius 3 is 1.29 bits per heavy atom. The summed E-state index contributed by atoms with van der Waals surface area (Å²) in [5, 5.41) is 0. The highest BCUT2D eigenvalue weighted by atomic mass is 15.2. The van der Waals surface area contributed by atoms with Gasteiger partial charge in [-0.1, -0.05) is 90.1 Å². The Morgan fingerprint density at radius 2 is 0.868 bits per heavy atom. The maximum absolute atomic E-state index is 2.62. The summed E-state index contributed by atoms with van der Waals surface area (Å²) in [5.74, 6) is 0. The molecule has 0 spiro atoms. The second-order valence-corrected chi connectivity index (χ2v) is 12.9. The van der Waals surface area contributed by atoms with E-state index in [1.807, 2.05) is 0 Å². The molecule has 0 saturated carbocycles. The monoisotopic (exact) mass is 499 g/mol. The van der Waals surface area contributed by atoms with Crippen molar-refractivity contribution in [2.24, 2.45) is 0 Å². The average Bonchev–Trinajstić information content (AvgIpc) is 2.89. The summed E-state index contributed by atoms with van der Waals surface area (Å²) in [6, 6.07) is 31.9. The van der Waals surface area contributed by atoms with E-state index >= 15 is 0 Å². The second kappa shape index (κ2) is 8.43. The van der Waals surface area contributed by atoms with Crippen molar-refractivity contribution in [2.75, 3.05) is 28.7 Å². The van der Waals surface area contributed by atoms with Gasteiger partial charge in [-0.25, -0.2) is 0 Å². The van der Waals surface area contributed by atoms with E-state index in [0.717, 1.165) is 0 Å². The van der Waals surface area contributed by atoms with Crippen molar-refractivity contribution < 1.29 is 0 Å². The van der Waals surface area contributed by atoms with Crippen LogP contribution in [0.25, 0.3) is 0 Å². The summed E-state index contributed by atoms with van der Waals surface area (Å²) in [5.41, 5.74) is 13.0. The summed E-state index contributed by atoms with van der Waals surface area (Å²) in [7, 11) is 4.40. The first-order valence-corrected chi connectivity index (χ1v) is 13.7. The first-order chi connectivity index (χ1) is 18.0. The predicted molar refractivity (Wildman–Crippen MR) is 166 cm³/mol. The number of hydrogen-bond acceptors (Lipinski definition) is 3. The molecule has 0 atom stereocenters. The lowest BCUT2D eigenvalue weighted by Gasteiger charge is -2.46. The van der Waals surface area contributed by atoms with Crippen LogP contribution in [0.4, 0.5) is 34.1 Å². The van der Waals surface area contributed by atoms with Gasteiger partial charge in [0, 0.05) is 25.5 Å². The van der Waals surface area contributed by atoms with Crippen molar-refractivity contribution in [3.63, 3.8) is 0 Å². The molecule has 6 rings (SSSR count). The van der Waals surface area contributed by atoms with Gasteiger partial charge in [-0.3, -0.25) is 0 Å². The Hall–Kier alpha value is -3.66. The zero-order valence-corrected chi connectivity index (χ0v) is 24.0. The summed E-state index contributed by atoms with van der Waals surface area (Å²) in [6.45, 7) is 13.9. The van der Waals surface area contributed by atoms with Gasteiger partial charge in [0.25, 0.3) is 0 Å². The molecule has 2 heterocycles. The molecule has 4 aromatic carbocycles. The molecule has 0 amide bonds. The van der Waals surface area contributed by atoms with Gasteiger partial charge in [-0.2, -0.15) is 0 Å². The maximum atomic E-state index is 2.62. The Balaban J connectivity index is 1.70. The lowest BCUT2D eigenvalue weighted by molar-refractivity contribution is 0.590. The normalized spacial score (nSPS) is 14.6. The van der Waals surface area contributed by atoms with Gasteiger partial charge >= 0.3 is 6.85 Å². The van der Waals surface area contributed by atoms with Gasteiger partial charge in [0.2, 0.25) is 0 Å². The summed E-state index contributed by atoms with van der Waals surface area (Å²) < 4.78 is 0. The Morgan fingerprint density at radius 1 is 0.474 bits per heavy atom. The van der Waals surface area contributed by atoms with Crippen LogP contribution in [0, 0.1) is 0 Å². The molecule has 0 bridgehead atoms. The zero-order chi connectivity index (χ0) is 27.0. The molecule has 0 N–H and O–H groups in total. The largest absolute Gasteiger partial charge is 0.373 e. The van der Waals surface area contributed by atoms with Gasteiger partial charge in [0.05, 0.1) is 22.7 Å². The first kappa shape index (κ1) is 24.7. The molecule has 192 valence electrons. The fourth-order valence-electron chi connectivity index (χ4n) is 6.09. The van der Waals surface area contributed by atoms with Crippen molar-refractivity contribution in [3.8, 4) is 0 Å². The molecule has 0 saturated heterocycles. The number of benzene rings is 4. The van der Waals surface area contributed by atoms with Gasteiger partial charge in [-0.05, 0) is 69.3 Å². The third kappa shape index (κ3) is 3.73. The highest BCUT2D eigenvalue weighted by Crippen LogP contribution is 2.50. The molecule has 0 unspecified atom stereocenters. The quantitative estimate of drug-likeness (QED) is 0.253. The molecule has 0 fully saturated rings. The molecular weight excluding hydrogens is 461 g/mol. The van der Waals surface area contributed by atoms with E-state index in [1.165, 1.54) is 56.2 Å². The number of para-hydroxylation sites is 2. The SMILES string of the molecule is CN1c2ccccc2B(N2c3cc(C(C)(C)C)ccc3N(C)c3ccc(C(C)(C)C)cc32)c2ccccc21. The van der Waals surface area contributed by atoms with E-state index in [0.29, 0.717) is 0 Å². The third-order valence-electron chi connectivity index (χ3n) is 8.37. The minimum atomic E-state index is 0.0510. The molecule has 4 heteroatoms. The number of nitrogens with zero attached hydrogens (tertiary/aromatic N) is 3. The van der Waals surface area contributed by atoms with Crippen LogP contribution in [0.15, 0.2) is 84.9 Å². The van der Waals surface area contributed by atoms with Crippen LogP contribution in [0.2, 0.25) is 0 Å². The van der Waals surface area contributed by atoms with Crippen molar-refractivity contribution in [2.45, 2.75) is 52.4 Å². The van der Waals surface area contributed by atoms with Crippen molar-refractivity contribution >= 4 is 51.9 Å². The molecule has 0 aromatic heterocycles. The second-order valence-electron chi connectivity index (χ2n) is 12.9. The smallest absolute Gasteiger partial charge is 0.332 e. The van der Waals surface area contributed by atoms with Gasteiger partial charge < -0.3 is 14.6 Å². The zero-order valence-electron chi connectivity index (χ0n) is 24.0. The molecule has 0 radical (unpaired) electrons. The minimum Gasteiger partial charge on any atom is -0.373 e. The van der Waals surface area contributed by atoms with Gasteiger partial charge in [0.1, 0.15) is 0 Å². The fraction of sp³-hybridized carbons (Fsp3) is 0.294. The maximum Gasteiger partial charge on any atom is 0.332 e. The van der Waals surface area contributed by atoms with Crippen LogP contribution in [0.3, 0.4) is 0 Å². The molecular formula is C34H38BN3. The van der Waals surface area contributed by atoms with Crippen LogP contribution < -0.4 is 25.5 Å². The number of hydrogen-bond donors (Lipinski definition) is 0. The van der Waals surface area contributed by atoms with Gasteiger partial charge in [0.15, 0.2) is 0 Å². The highest BCUT2D eigenvalue weighted by Gasteiger charge is 2.42. The van der Waals surface area contributed by atoms with Crippen LogP contribution in [0.5, 0.6) is 0 Å². The van der Waals surface area contributed by atoms with Crippen molar-refractivity contribution in [1.29, 1.82) is 0 Å². The van der Waals surface area contributed by atoms with E-state index in [1.54, 1.807) is 0 Å². The average molecular weight is 500 g/mol. The lowest BCUT2D eigenvalue weighted by atomic mass is 9.46. The summed E-state index contributed by atoms with van der Waals surface area (Å²) >= 11 is 0. The van der Waals surface area contributed by atoms with Crippen LogP contribution in [-0.2, 0) is 10.8 Å². The Kier molecular flexibility index (Phi) is 5.47. The van der Waals surface area contributed by atoms with Crippen LogP contribution in [0.1, 0.15) is 52.7 Å². The van der Waals surface area contributed by atoms with E-state index in [2.05, 4.69) is 155 Å². The van der Waals surface area contributed by atoms with Crippen LogP contribution >= 0.6 is 0 Å². The fourth-order valence-corrected chi connectivity index (χ4v) is 6.09. The standard InChI is InChI=1S/C34H38BN3/c1-33(2,3)23-17-19-29-31(21-23)38(32-22-24(34(4,5)6)18-20-30(32)37(29)8)35-25-13-9-11-15-27(25)36(7)28-16-12-10-14-26(28)35/h9-22H,1-8H3. The molecule has 4 aromatic rings. The Labute approximate surface area is 228 Å². The van der Waals surface area contributed by atoms with Crippen molar-refractivity contribution in [3.05, 3.63) is 96.1 Å². The number of anilines is 6. The molecule has 3 nitrogen and oxygen atoms in total. The van der Waals surface area contributed by atoms with E-state index < -0.39 is 0 Å². The molecule has 0 aliphatic carbocycles. The Bertz CT molecular complexity index is 1430. The first-order valence-electron chi connectivity index (χ1n) is 13.7. The minimum absolute atomic E-state index is 0.0510. The number of fused-ring (bicyclic) bond motifs is 4. The topological polar surface area (TPSA) is 9.72 Å². The molecule has 2 aliphatic rings. The highest BCUT2D eigenvalue weighted by molar-refractivity contribution is 6.92. The van der Waals surface area contributed by atoms with E-state index in [9.17, 15) is 0 Å². The van der Waals surface area contributed by atoms with E-state index in [-0.39, 0.29) is 17.7 Å². The summed E-state index contributed by atoms with van der Waals surface area (Å²) in [4.78, 5) is 7.34.